The van der Waals surface area contributed by atoms with Crippen molar-refractivity contribution in [2.75, 3.05) is 5.73 Å². The SMILES string of the molecule is CCn1c(Sc2ccc(N)c(C)n2)n[nH]c1=O. The van der Waals surface area contributed by atoms with Gasteiger partial charge in [0.15, 0.2) is 5.16 Å². The van der Waals surface area contributed by atoms with Gasteiger partial charge >= 0.3 is 5.69 Å². The maximum absolute atomic E-state index is 11.4. The second-order valence-electron chi connectivity index (χ2n) is 3.48. The highest BCUT2D eigenvalue weighted by atomic mass is 32.2. The van der Waals surface area contributed by atoms with Gasteiger partial charge in [0.2, 0.25) is 0 Å². The van der Waals surface area contributed by atoms with E-state index in [9.17, 15) is 4.79 Å². The molecule has 0 saturated carbocycles. The highest BCUT2D eigenvalue weighted by Crippen LogP contribution is 2.24. The van der Waals surface area contributed by atoms with Gasteiger partial charge in [-0.25, -0.2) is 14.9 Å². The van der Waals surface area contributed by atoms with Crippen LogP contribution in [0.1, 0.15) is 12.6 Å². The molecule has 0 atom stereocenters. The molecule has 0 aliphatic heterocycles. The van der Waals surface area contributed by atoms with Gasteiger partial charge in [0.1, 0.15) is 5.03 Å². The summed E-state index contributed by atoms with van der Waals surface area (Å²) in [4.78, 5) is 15.7. The number of nitrogen functional groups attached to an aromatic ring is 1. The summed E-state index contributed by atoms with van der Waals surface area (Å²) in [6, 6.07) is 3.61. The number of hydrogen-bond acceptors (Lipinski definition) is 5. The molecule has 0 fully saturated rings. The smallest absolute Gasteiger partial charge is 0.343 e. The number of aromatic amines is 1. The molecular weight excluding hydrogens is 238 g/mol. The first-order valence-electron chi connectivity index (χ1n) is 5.18. The average molecular weight is 251 g/mol. The number of pyridine rings is 1. The van der Waals surface area contributed by atoms with Crippen molar-refractivity contribution in [3.05, 3.63) is 28.3 Å². The Kier molecular flexibility index (Phi) is 3.19. The van der Waals surface area contributed by atoms with Gasteiger partial charge in [-0.3, -0.25) is 4.57 Å². The minimum absolute atomic E-state index is 0.206. The highest BCUT2D eigenvalue weighted by molar-refractivity contribution is 7.99. The minimum Gasteiger partial charge on any atom is -0.397 e. The summed E-state index contributed by atoms with van der Waals surface area (Å²) in [6.45, 7) is 4.31. The Balaban J connectivity index is 2.31. The molecule has 3 N–H and O–H groups in total. The molecule has 2 rings (SSSR count). The number of aryl methyl sites for hydroxylation is 1. The molecule has 0 saturated heterocycles. The average Bonchev–Trinajstić information content (AvgIpc) is 2.64. The minimum atomic E-state index is -0.206. The van der Waals surface area contributed by atoms with Crippen molar-refractivity contribution in [2.24, 2.45) is 0 Å². The summed E-state index contributed by atoms with van der Waals surface area (Å²) in [6.07, 6.45) is 0. The lowest BCUT2D eigenvalue weighted by atomic mass is 10.3. The van der Waals surface area contributed by atoms with Crippen molar-refractivity contribution in [2.45, 2.75) is 30.6 Å². The van der Waals surface area contributed by atoms with E-state index in [1.807, 2.05) is 19.9 Å². The summed E-state index contributed by atoms with van der Waals surface area (Å²) in [5, 5.41) is 7.74. The standard InChI is InChI=1S/C10H13N5OS/c1-3-15-9(16)13-14-10(15)17-8-5-4-7(11)6(2)12-8/h4-5H,3,11H2,1-2H3,(H,13,16). The Labute approximate surface area is 102 Å². The van der Waals surface area contributed by atoms with Gasteiger partial charge in [0.25, 0.3) is 0 Å². The molecule has 0 aliphatic carbocycles. The molecule has 0 spiro atoms. The second-order valence-corrected chi connectivity index (χ2v) is 4.47. The Morgan fingerprint density at radius 3 is 2.94 bits per heavy atom. The molecule has 6 nitrogen and oxygen atoms in total. The molecule has 0 bridgehead atoms. The maximum Gasteiger partial charge on any atom is 0.343 e. The lowest BCUT2D eigenvalue weighted by Crippen LogP contribution is -2.16. The van der Waals surface area contributed by atoms with Crippen LogP contribution in [0.2, 0.25) is 0 Å². The van der Waals surface area contributed by atoms with Gasteiger partial charge < -0.3 is 5.73 Å². The van der Waals surface area contributed by atoms with E-state index < -0.39 is 0 Å². The lowest BCUT2D eigenvalue weighted by Gasteiger charge is -2.03. The highest BCUT2D eigenvalue weighted by Gasteiger charge is 2.09. The Morgan fingerprint density at radius 1 is 1.53 bits per heavy atom. The zero-order valence-electron chi connectivity index (χ0n) is 9.60. The van der Waals surface area contributed by atoms with Gasteiger partial charge in [0.05, 0.1) is 11.4 Å². The second kappa shape index (κ2) is 4.62. The van der Waals surface area contributed by atoms with Crippen molar-refractivity contribution < 1.29 is 0 Å². The first kappa shape index (κ1) is 11.7. The lowest BCUT2D eigenvalue weighted by molar-refractivity contribution is 0.660. The summed E-state index contributed by atoms with van der Waals surface area (Å²) < 4.78 is 1.55. The molecule has 17 heavy (non-hydrogen) atoms. The Bertz CT molecular complexity index is 589. The van der Waals surface area contributed by atoms with E-state index in [-0.39, 0.29) is 5.69 Å². The van der Waals surface area contributed by atoms with Crippen LogP contribution >= 0.6 is 11.8 Å². The third kappa shape index (κ3) is 2.33. The van der Waals surface area contributed by atoms with Crippen LogP contribution in [0.15, 0.2) is 27.1 Å². The van der Waals surface area contributed by atoms with E-state index in [1.165, 1.54) is 11.8 Å². The third-order valence-corrected chi connectivity index (χ3v) is 3.27. The predicted molar refractivity (Wildman–Crippen MR) is 66.0 cm³/mol. The van der Waals surface area contributed by atoms with Crippen LogP contribution in [0.3, 0.4) is 0 Å². The summed E-state index contributed by atoms with van der Waals surface area (Å²) in [7, 11) is 0. The number of nitrogens with two attached hydrogens (primary N) is 1. The van der Waals surface area contributed by atoms with Crippen LogP contribution in [-0.4, -0.2) is 19.7 Å². The fourth-order valence-electron chi connectivity index (χ4n) is 1.36. The third-order valence-electron chi connectivity index (χ3n) is 2.34. The molecule has 0 aliphatic rings. The number of hydrogen-bond donors (Lipinski definition) is 2. The number of nitrogens with zero attached hydrogens (tertiary/aromatic N) is 3. The van der Waals surface area contributed by atoms with E-state index in [4.69, 9.17) is 5.73 Å². The predicted octanol–water partition coefficient (Wildman–Crippen LogP) is 1.03. The number of anilines is 1. The molecule has 2 heterocycles. The van der Waals surface area contributed by atoms with Crippen LogP contribution in [0.25, 0.3) is 0 Å². The molecule has 0 aromatic carbocycles. The molecule has 0 radical (unpaired) electrons. The van der Waals surface area contributed by atoms with Crippen LogP contribution < -0.4 is 11.4 Å². The van der Waals surface area contributed by atoms with Gasteiger partial charge in [-0.05, 0) is 37.7 Å². The van der Waals surface area contributed by atoms with Gasteiger partial charge in [0, 0.05) is 6.54 Å². The molecule has 0 amide bonds. The summed E-state index contributed by atoms with van der Waals surface area (Å²) in [5.41, 5.74) is 6.92. The van der Waals surface area contributed by atoms with Crippen molar-refractivity contribution in [1.82, 2.24) is 19.7 Å². The van der Waals surface area contributed by atoms with E-state index in [0.717, 1.165) is 10.7 Å². The summed E-state index contributed by atoms with van der Waals surface area (Å²) in [5.74, 6) is 0. The molecule has 0 unspecified atom stereocenters. The topological polar surface area (TPSA) is 89.6 Å². The maximum atomic E-state index is 11.4. The van der Waals surface area contributed by atoms with Gasteiger partial charge in [-0.1, -0.05) is 0 Å². The van der Waals surface area contributed by atoms with Gasteiger partial charge in [-0.15, -0.1) is 5.10 Å². The van der Waals surface area contributed by atoms with E-state index in [2.05, 4.69) is 15.2 Å². The van der Waals surface area contributed by atoms with E-state index in [1.54, 1.807) is 10.6 Å². The van der Waals surface area contributed by atoms with Crippen LogP contribution in [0.4, 0.5) is 5.69 Å². The monoisotopic (exact) mass is 251 g/mol. The quantitative estimate of drug-likeness (QED) is 0.850. The van der Waals surface area contributed by atoms with E-state index in [0.29, 0.717) is 17.4 Å². The van der Waals surface area contributed by atoms with Crippen LogP contribution in [-0.2, 0) is 6.54 Å². The summed E-state index contributed by atoms with van der Waals surface area (Å²) >= 11 is 1.34. The fraction of sp³-hybridized carbons (Fsp3) is 0.300. The first-order valence-corrected chi connectivity index (χ1v) is 5.99. The van der Waals surface area contributed by atoms with Crippen LogP contribution in [0, 0.1) is 6.92 Å². The van der Waals surface area contributed by atoms with Gasteiger partial charge in [-0.2, -0.15) is 0 Å². The molecule has 2 aromatic heterocycles. The molecule has 2 aromatic rings. The Morgan fingerprint density at radius 2 is 2.29 bits per heavy atom. The van der Waals surface area contributed by atoms with Crippen molar-refractivity contribution in [3.63, 3.8) is 0 Å². The number of aromatic nitrogens is 4. The largest absolute Gasteiger partial charge is 0.397 e. The molecule has 7 heteroatoms. The van der Waals surface area contributed by atoms with Crippen LogP contribution in [0.5, 0.6) is 0 Å². The fourth-order valence-corrected chi connectivity index (χ4v) is 2.28. The number of rotatable bonds is 3. The Hall–Kier alpha value is -1.76. The zero-order chi connectivity index (χ0) is 12.4. The number of H-pyrrole nitrogens is 1. The normalized spacial score (nSPS) is 10.7. The zero-order valence-corrected chi connectivity index (χ0v) is 10.4. The van der Waals surface area contributed by atoms with E-state index >= 15 is 0 Å². The first-order chi connectivity index (χ1) is 8.11. The molecular formula is C10H13N5OS. The van der Waals surface area contributed by atoms with Crippen molar-refractivity contribution in [3.8, 4) is 0 Å². The van der Waals surface area contributed by atoms with Crippen molar-refractivity contribution in [1.29, 1.82) is 0 Å². The van der Waals surface area contributed by atoms with Crippen molar-refractivity contribution >= 4 is 17.4 Å². The number of nitrogens with one attached hydrogen (secondary N) is 1. The molecule has 90 valence electrons.